The van der Waals surface area contributed by atoms with E-state index in [1.807, 2.05) is 6.08 Å². The minimum Gasteiger partial charge on any atom is -0.423 e. The molecule has 0 aliphatic carbocycles. The molecule has 0 saturated carbocycles. The second-order valence-corrected chi connectivity index (χ2v) is 8.86. The van der Waals surface area contributed by atoms with E-state index >= 15 is 0 Å². The predicted molar refractivity (Wildman–Crippen MR) is 118 cm³/mol. The molecule has 0 aromatic heterocycles. The van der Waals surface area contributed by atoms with Crippen LogP contribution in [0.3, 0.4) is 0 Å². The van der Waals surface area contributed by atoms with Gasteiger partial charge in [0, 0.05) is 5.60 Å². The SMILES string of the molecule is C=CCCCCCCCCCCCCCCCCCCC(C)(C)O[SiH3]. The van der Waals surface area contributed by atoms with E-state index in [-0.39, 0.29) is 5.60 Å². The minimum atomic E-state index is 0.137. The summed E-state index contributed by atoms with van der Waals surface area (Å²) in [5, 5.41) is 0. The van der Waals surface area contributed by atoms with Gasteiger partial charge in [0.2, 0.25) is 0 Å². The van der Waals surface area contributed by atoms with Gasteiger partial charge >= 0.3 is 0 Å². The molecule has 0 heterocycles. The van der Waals surface area contributed by atoms with Crippen molar-refractivity contribution in [3.8, 4) is 0 Å². The molecule has 0 N–H and O–H groups in total. The normalized spacial score (nSPS) is 11.9. The van der Waals surface area contributed by atoms with Crippen molar-refractivity contribution in [1.82, 2.24) is 0 Å². The third-order valence-corrected chi connectivity index (χ3v) is 6.59. The zero-order valence-electron chi connectivity index (χ0n) is 17.9. The van der Waals surface area contributed by atoms with Crippen molar-refractivity contribution < 1.29 is 4.43 Å². The first-order valence-corrected chi connectivity index (χ1v) is 12.1. The summed E-state index contributed by atoms with van der Waals surface area (Å²) in [4.78, 5) is 0. The molecule has 0 aromatic rings. The van der Waals surface area contributed by atoms with Gasteiger partial charge in [-0.25, -0.2) is 0 Å². The number of hydrogen-bond donors (Lipinski definition) is 0. The van der Waals surface area contributed by atoms with Crippen molar-refractivity contribution in [3.05, 3.63) is 12.7 Å². The van der Waals surface area contributed by atoms with Crippen molar-refractivity contribution in [2.24, 2.45) is 0 Å². The van der Waals surface area contributed by atoms with Gasteiger partial charge in [0.25, 0.3) is 0 Å². The maximum Gasteiger partial charge on any atom is 0.146 e. The Bertz CT molecular complexity index is 275. The molecule has 0 radical (unpaired) electrons. The Morgan fingerprint density at radius 3 is 1.28 bits per heavy atom. The molecule has 1 nitrogen and oxygen atoms in total. The molecule has 0 saturated heterocycles. The van der Waals surface area contributed by atoms with E-state index in [9.17, 15) is 0 Å². The van der Waals surface area contributed by atoms with Crippen molar-refractivity contribution in [3.63, 3.8) is 0 Å². The molecular weight excluding hydrogens is 320 g/mol. The zero-order chi connectivity index (χ0) is 18.6. The van der Waals surface area contributed by atoms with Crippen LogP contribution in [-0.2, 0) is 4.43 Å². The topological polar surface area (TPSA) is 9.23 Å². The van der Waals surface area contributed by atoms with Crippen LogP contribution in [0.15, 0.2) is 12.7 Å². The zero-order valence-corrected chi connectivity index (χ0v) is 19.9. The van der Waals surface area contributed by atoms with Crippen LogP contribution >= 0.6 is 0 Å². The van der Waals surface area contributed by atoms with E-state index in [0.29, 0.717) is 0 Å². The summed E-state index contributed by atoms with van der Waals surface area (Å²) in [5.41, 5.74) is 0.137. The molecule has 0 aromatic carbocycles. The molecule has 0 aliphatic rings. The molecule has 0 atom stereocenters. The molecule has 25 heavy (non-hydrogen) atoms. The maximum absolute atomic E-state index is 5.61. The molecular formula is C23H48OSi. The van der Waals surface area contributed by atoms with E-state index in [4.69, 9.17) is 4.43 Å². The van der Waals surface area contributed by atoms with Gasteiger partial charge < -0.3 is 4.43 Å². The second kappa shape index (κ2) is 18.7. The summed E-state index contributed by atoms with van der Waals surface area (Å²) in [6, 6.07) is 0. The van der Waals surface area contributed by atoms with Crippen LogP contribution in [0.5, 0.6) is 0 Å². The van der Waals surface area contributed by atoms with E-state index in [1.54, 1.807) is 0 Å². The Balaban J connectivity index is 3.06. The standard InChI is InChI=1S/C23H48OSi/c1-4-5-6-7-8-9-10-11-12-13-14-15-16-17-18-19-20-21-22-23(2,3)24-25/h4H,1,5-22H2,2-3,25H3. The fourth-order valence-corrected chi connectivity index (χ4v) is 3.62. The monoisotopic (exact) mass is 368 g/mol. The van der Waals surface area contributed by atoms with Crippen molar-refractivity contribution in [2.45, 2.75) is 135 Å². The summed E-state index contributed by atoms with van der Waals surface area (Å²) in [5.74, 6) is 0. The number of unbranched alkanes of at least 4 members (excludes halogenated alkanes) is 16. The lowest BCUT2D eigenvalue weighted by atomic mass is 9.99. The number of rotatable bonds is 20. The van der Waals surface area contributed by atoms with Crippen LogP contribution < -0.4 is 0 Å². The van der Waals surface area contributed by atoms with Gasteiger partial charge in [-0.15, -0.1) is 6.58 Å². The highest BCUT2D eigenvalue weighted by Gasteiger charge is 2.13. The van der Waals surface area contributed by atoms with Crippen LogP contribution in [0.25, 0.3) is 0 Å². The van der Waals surface area contributed by atoms with Crippen molar-refractivity contribution in [2.75, 3.05) is 0 Å². The average Bonchev–Trinajstić information content (AvgIpc) is 2.60. The third kappa shape index (κ3) is 20.1. The average molecular weight is 369 g/mol. The van der Waals surface area contributed by atoms with Crippen molar-refractivity contribution in [1.29, 1.82) is 0 Å². The lowest BCUT2D eigenvalue weighted by Crippen LogP contribution is -2.22. The first-order chi connectivity index (χ1) is 12.1. The van der Waals surface area contributed by atoms with Gasteiger partial charge in [0.05, 0.1) is 0 Å². The molecule has 0 rings (SSSR count). The molecule has 150 valence electrons. The van der Waals surface area contributed by atoms with Crippen LogP contribution in [0.4, 0.5) is 0 Å². The Labute approximate surface area is 162 Å². The van der Waals surface area contributed by atoms with Gasteiger partial charge in [0.15, 0.2) is 0 Å². The van der Waals surface area contributed by atoms with Crippen LogP contribution in [0.1, 0.15) is 129 Å². The first-order valence-electron chi connectivity index (χ1n) is 11.3. The quantitative estimate of drug-likeness (QED) is 0.125. The molecule has 2 heteroatoms. The number of allylic oxidation sites excluding steroid dienone is 1. The molecule has 0 aliphatic heterocycles. The van der Waals surface area contributed by atoms with E-state index < -0.39 is 0 Å². The predicted octanol–water partition coefficient (Wildman–Crippen LogP) is 7.27. The number of hydrogen-bond acceptors (Lipinski definition) is 1. The second-order valence-electron chi connectivity index (χ2n) is 8.45. The Kier molecular flexibility index (Phi) is 18.6. The highest BCUT2D eigenvalue weighted by atomic mass is 28.2. The molecule has 0 fully saturated rings. The summed E-state index contributed by atoms with van der Waals surface area (Å²) < 4.78 is 5.61. The third-order valence-electron chi connectivity index (χ3n) is 5.49. The molecule has 0 amide bonds. The van der Waals surface area contributed by atoms with Crippen LogP contribution in [0.2, 0.25) is 0 Å². The van der Waals surface area contributed by atoms with E-state index in [0.717, 1.165) is 10.5 Å². The Hall–Kier alpha value is -0.0831. The maximum atomic E-state index is 5.61. The molecule has 0 spiro atoms. The van der Waals surface area contributed by atoms with E-state index in [2.05, 4.69) is 20.4 Å². The fourth-order valence-electron chi connectivity index (χ4n) is 3.42. The smallest absolute Gasteiger partial charge is 0.146 e. The van der Waals surface area contributed by atoms with Gasteiger partial charge in [0.1, 0.15) is 10.5 Å². The van der Waals surface area contributed by atoms with Gasteiger partial charge in [-0.05, 0) is 33.1 Å². The summed E-state index contributed by atoms with van der Waals surface area (Å²) in [6.45, 7) is 8.23. The lowest BCUT2D eigenvalue weighted by molar-refractivity contribution is 0.109. The lowest BCUT2D eigenvalue weighted by Gasteiger charge is -2.23. The summed E-state index contributed by atoms with van der Waals surface area (Å²) in [6.07, 6.45) is 27.4. The summed E-state index contributed by atoms with van der Waals surface area (Å²) in [7, 11) is 0.865. The van der Waals surface area contributed by atoms with Crippen LogP contribution in [-0.4, -0.2) is 16.1 Å². The van der Waals surface area contributed by atoms with E-state index in [1.165, 1.54) is 116 Å². The molecule has 0 unspecified atom stereocenters. The summed E-state index contributed by atoms with van der Waals surface area (Å²) >= 11 is 0. The largest absolute Gasteiger partial charge is 0.423 e. The minimum absolute atomic E-state index is 0.137. The van der Waals surface area contributed by atoms with Gasteiger partial charge in [-0.3, -0.25) is 0 Å². The molecule has 0 bridgehead atoms. The Morgan fingerprint density at radius 1 is 0.640 bits per heavy atom. The van der Waals surface area contributed by atoms with Gasteiger partial charge in [-0.1, -0.05) is 102 Å². The van der Waals surface area contributed by atoms with Crippen LogP contribution in [0, 0.1) is 0 Å². The first kappa shape index (κ1) is 24.9. The van der Waals surface area contributed by atoms with Crippen molar-refractivity contribution >= 4 is 10.5 Å². The van der Waals surface area contributed by atoms with Gasteiger partial charge in [-0.2, -0.15) is 0 Å². The highest BCUT2D eigenvalue weighted by Crippen LogP contribution is 2.18. The fraction of sp³-hybridized carbons (Fsp3) is 0.913. The highest BCUT2D eigenvalue weighted by molar-refractivity contribution is 5.98. The Morgan fingerprint density at radius 2 is 0.960 bits per heavy atom.